The van der Waals surface area contributed by atoms with Crippen LogP contribution in [0.1, 0.15) is 80.1 Å². The van der Waals surface area contributed by atoms with Gasteiger partial charge in [-0.2, -0.15) is 0 Å². The molecule has 18 atom stereocenters. The Labute approximate surface area is 367 Å². The van der Waals surface area contributed by atoms with Gasteiger partial charge < -0.3 is 83.7 Å². The van der Waals surface area contributed by atoms with Gasteiger partial charge in [-0.3, -0.25) is 9.59 Å². The first-order valence-corrected chi connectivity index (χ1v) is 21.0. The molecule has 3 aliphatic rings. The predicted molar refractivity (Wildman–Crippen MR) is 218 cm³/mol. The number of carboxylic acids is 2. The summed E-state index contributed by atoms with van der Waals surface area (Å²) in [7, 11) is 4.85. The minimum atomic E-state index is -2.27. The van der Waals surface area contributed by atoms with E-state index in [1.165, 1.54) is 7.11 Å². The average molecular weight is 908 g/mol. The summed E-state index contributed by atoms with van der Waals surface area (Å²) in [4.78, 5) is 58.3. The van der Waals surface area contributed by atoms with Gasteiger partial charge in [0, 0.05) is 32.8 Å². The number of methoxy groups -OCH3 is 1. The van der Waals surface area contributed by atoms with Crippen LogP contribution in [0.2, 0.25) is 0 Å². The minimum absolute atomic E-state index is 0.0298. The molecule has 3 aliphatic heterocycles. The fourth-order valence-corrected chi connectivity index (χ4v) is 7.75. The number of hydrogen-bond donors (Lipinski definition) is 8. The molecule has 63 heavy (non-hydrogen) atoms. The highest BCUT2D eigenvalue weighted by atomic mass is 16.7. The molecule has 0 radical (unpaired) electrons. The maximum absolute atomic E-state index is 12.9. The smallest absolute Gasteiger partial charge is 0.335 e. The lowest BCUT2D eigenvalue weighted by Crippen LogP contribution is -2.66. The summed E-state index contributed by atoms with van der Waals surface area (Å²) in [6, 6.07) is -0.750. The molecule has 3 heterocycles. The SMILES string of the molecule is CCC(=O)O[C@H]1[C@H](C)O[C@@H](O[C@H]2[C@H](N(C)C)[C@@H](O)[C@H](O[C@H]3[C@@H](CC=O)C[C@@H](C)[C@@H](O)/C=C/C=C/C[C@@H](C)OC(=O)C[C@@H](O)[C@@H]3OC)O[C@@H]2C)C[C@@]1(C)O.O=C(O)[C@H](O)[C@@H](O)C(=O)O. The molecule has 0 bridgehead atoms. The molecule has 0 aliphatic carbocycles. The van der Waals surface area contributed by atoms with Crippen LogP contribution in [0.3, 0.4) is 0 Å². The van der Waals surface area contributed by atoms with Crippen LogP contribution < -0.4 is 0 Å². The number of carbonyl (C=O) groups excluding carboxylic acids is 3. The van der Waals surface area contributed by atoms with Crippen LogP contribution >= 0.6 is 0 Å². The summed E-state index contributed by atoms with van der Waals surface area (Å²) < 4.78 is 42.1. The molecule has 0 aromatic rings. The van der Waals surface area contributed by atoms with Crippen LogP contribution in [0.25, 0.3) is 0 Å². The van der Waals surface area contributed by atoms with Crippen molar-refractivity contribution in [3.8, 4) is 0 Å². The van der Waals surface area contributed by atoms with Crippen molar-refractivity contribution in [2.45, 2.75) is 178 Å². The van der Waals surface area contributed by atoms with E-state index in [4.69, 9.17) is 53.6 Å². The van der Waals surface area contributed by atoms with Crippen molar-refractivity contribution in [2.24, 2.45) is 11.8 Å². The Morgan fingerprint density at radius 1 is 0.952 bits per heavy atom. The predicted octanol–water partition coefficient (Wildman–Crippen LogP) is -0.316. The molecular formula is C42H69NO20. The van der Waals surface area contributed by atoms with Crippen LogP contribution in [0.15, 0.2) is 24.3 Å². The summed E-state index contributed by atoms with van der Waals surface area (Å²) in [6.07, 6.45) is -8.47. The summed E-state index contributed by atoms with van der Waals surface area (Å²) in [6.45, 7) is 10.2. The minimum Gasteiger partial charge on any atom is -0.479 e. The van der Waals surface area contributed by atoms with E-state index in [0.29, 0.717) is 12.7 Å². The van der Waals surface area contributed by atoms with Gasteiger partial charge in [-0.1, -0.05) is 38.2 Å². The normalized spacial score (nSPS) is 39.0. The van der Waals surface area contributed by atoms with Gasteiger partial charge in [0.25, 0.3) is 0 Å². The first-order valence-electron chi connectivity index (χ1n) is 21.0. The zero-order valence-electron chi connectivity index (χ0n) is 37.4. The number of allylic oxidation sites excluding steroid dienone is 2. The summed E-state index contributed by atoms with van der Waals surface area (Å²) in [5, 5.41) is 78.1. The van der Waals surface area contributed by atoms with E-state index in [2.05, 4.69) is 0 Å². The van der Waals surface area contributed by atoms with E-state index >= 15 is 0 Å². The largest absolute Gasteiger partial charge is 0.479 e. The number of nitrogens with zero attached hydrogens (tertiary/aromatic N) is 1. The zero-order chi connectivity index (χ0) is 47.9. The summed E-state index contributed by atoms with van der Waals surface area (Å²) >= 11 is 0. The number of cyclic esters (lactones) is 1. The Bertz CT molecular complexity index is 1510. The van der Waals surface area contributed by atoms with Crippen molar-refractivity contribution in [2.75, 3.05) is 21.2 Å². The average Bonchev–Trinajstić information content (AvgIpc) is 3.19. The highest BCUT2D eigenvalue weighted by Crippen LogP contribution is 2.37. The summed E-state index contributed by atoms with van der Waals surface area (Å²) in [5.74, 6) is -5.68. The molecule has 0 unspecified atom stereocenters. The van der Waals surface area contributed by atoms with E-state index < -0.39 is 134 Å². The van der Waals surface area contributed by atoms with Crippen molar-refractivity contribution in [3.63, 3.8) is 0 Å². The fourth-order valence-electron chi connectivity index (χ4n) is 7.75. The van der Waals surface area contributed by atoms with Crippen LogP contribution in [-0.2, 0) is 57.1 Å². The number of aldehydes is 1. The lowest BCUT2D eigenvalue weighted by Gasteiger charge is -2.50. The Morgan fingerprint density at radius 2 is 1.57 bits per heavy atom. The molecule has 2 fully saturated rings. The van der Waals surface area contributed by atoms with Crippen molar-refractivity contribution in [1.29, 1.82) is 0 Å². The summed E-state index contributed by atoms with van der Waals surface area (Å²) in [5.41, 5.74) is -1.47. The molecule has 0 aromatic heterocycles. The lowest BCUT2D eigenvalue weighted by atomic mass is 9.82. The van der Waals surface area contributed by atoms with Gasteiger partial charge in [-0.15, -0.1) is 0 Å². The Balaban J connectivity index is 0.00000121. The van der Waals surface area contributed by atoms with Crippen molar-refractivity contribution >= 4 is 30.2 Å². The molecule has 21 nitrogen and oxygen atoms in total. The molecule has 0 spiro atoms. The number of aliphatic carboxylic acids is 2. The van der Waals surface area contributed by atoms with Gasteiger partial charge in [0.05, 0.1) is 43.0 Å². The molecule has 8 N–H and O–H groups in total. The Kier molecular flexibility index (Phi) is 22.9. The fraction of sp³-hybridized carbons (Fsp3) is 0.786. The molecule has 0 aromatic carbocycles. The topological polar surface area (TPSA) is 315 Å². The third kappa shape index (κ3) is 16.5. The van der Waals surface area contributed by atoms with Crippen molar-refractivity contribution in [1.82, 2.24) is 4.90 Å². The molecule has 2 saturated heterocycles. The third-order valence-electron chi connectivity index (χ3n) is 11.1. The molecule has 0 amide bonds. The highest BCUT2D eigenvalue weighted by molar-refractivity contribution is 5.83. The van der Waals surface area contributed by atoms with Gasteiger partial charge in [0.2, 0.25) is 0 Å². The highest BCUT2D eigenvalue weighted by Gasteiger charge is 2.52. The van der Waals surface area contributed by atoms with E-state index in [0.717, 1.165) is 0 Å². The van der Waals surface area contributed by atoms with Crippen LogP contribution in [0.5, 0.6) is 0 Å². The monoisotopic (exact) mass is 907 g/mol. The number of carbonyl (C=O) groups is 5. The standard InChI is InChI=1S/C38H63NO14.C4H6O6/c1-10-28(43)51-36-24(5)49-30(20-38(36,6)46)52-33-23(4)50-37(32(45)31(33)39(7)8)53-34-25(16-17-40)18-21(2)26(41)15-13-11-12-14-22(3)48-29(44)19-27(42)35(34)47-9;5-1(3(7)8)2(6)4(9)10/h11-13,15,17,21-27,30-37,41-42,45-46H,10,14,16,18-20H2,1-9H3;1-2,5-6H,(H,7,8)(H,9,10)/b12-11+,15-13+;/t21-,22-,23-,24+,25+,26+,27-,30+,31-,32-,33-,34+,35+,36+,37+,38-;1-,2-/m11/s1. The first kappa shape index (κ1) is 55.7. The van der Waals surface area contributed by atoms with E-state index in [1.807, 2.05) is 13.0 Å². The number of aliphatic hydroxyl groups excluding tert-OH is 5. The van der Waals surface area contributed by atoms with Crippen LogP contribution in [-0.4, -0.2) is 195 Å². The molecule has 0 saturated carbocycles. The second-order valence-electron chi connectivity index (χ2n) is 16.7. The molecule has 3 rings (SSSR count). The second kappa shape index (κ2) is 25.9. The van der Waals surface area contributed by atoms with E-state index in [1.54, 1.807) is 71.8 Å². The third-order valence-corrected chi connectivity index (χ3v) is 11.1. The van der Waals surface area contributed by atoms with Gasteiger partial charge >= 0.3 is 23.9 Å². The van der Waals surface area contributed by atoms with Crippen molar-refractivity contribution < 1.29 is 98.0 Å². The van der Waals surface area contributed by atoms with Crippen LogP contribution in [0, 0.1) is 11.8 Å². The van der Waals surface area contributed by atoms with E-state index in [9.17, 15) is 44.4 Å². The number of ether oxygens (including phenoxy) is 7. The zero-order valence-corrected chi connectivity index (χ0v) is 37.4. The number of hydrogen-bond acceptors (Lipinski definition) is 19. The number of esters is 2. The molecule has 362 valence electrons. The molecular weight excluding hydrogens is 838 g/mol. The first-order chi connectivity index (χ1) is 29.4. The molecule has 21 heteroatoms. The maximum atomic E-state index is 12.9. The lowest BCUT2D eigenvalue weighted by molar-refractivity contribution is -0.344. The number of aliphatic hydroxyl groups is 6. The quantitative estimate of drug-likeness (QED) is 0.0868. The Hall–Kier alpha value is -3.45. The van der Waals surface area contributed by atoms with E-state index in [-0.39, 0.29) is 31.6 Å². The number of rotatable bonds is 13. The van der Waals surface area contributed by atoms with Gasteiger partial charge in [0.15, 0.2) is 30.9 Å². The van der Waals surface area contributed by atoms with Gasteiger partial charge in [0.1, 0.15) is 36.3 Å². The second-order valence-corrected chi connectivity index (χ2v) is 16.7. The van der Waals surface area contributed by atoms with Gasteiger partial charge in [-0.05, 0) is 60.0 Å². The van der Waals surface area contributed by atoms with Crippen molar-refractivity contribution in [3.05, 3.63) is 24.3 Å². The maximum Gasteiger partial charge on any atom is 0.335 e. The number of likely N-dealkylation sites (N-methyl/N-ethyl adjacent to an activating group) is 1. The Morgan fingerprint density at radius 3 is 2.10 bits per heavy atom. The number of carboxylic acid groups (broad SMARTS) is 2. The van der Waals surface area contributed by atoms with Crippen LogP contribution in [0.4, 0.5) is 0 Å². The van der Waals surface area contributed by atoms with Gasteiger partial charge in [-0.25, -0.2) is 9.59 Å².